The SMILES string of the molecule is O=C1NC(=O)C(CC(=O)N2CCOC(c3ccc(F)cc3)C2)N1. The molecule has 2 fully saturated rings. The second kappa shape index (κ2) is 6.33. The van der Waals surface area contributed by atoms with Gasteiger partial charge in [-0.2, -0.15) is 0 Å². The molecule has 2 saturated heterocycles. The summed E-state index contributed by atoms with van der Waals surface area (Å²) in [7, 11) is 0. The zero-order valence-electron chi connectivity index (χ0n) is 12.3. The summed E-state index contributed by atoms with van der Waals surface area (Å²) < 4.78 is 18.6. The second-order valence-electron chi connectivity index (χ2n) is 5.47. The lowest BCUT2D eigenvalue weighted by Gasteiger charge is -2.33. The highest BCUT2D eigenvalue weighted by Crippen LogP contribution is 2.23. The maximum absolute atomic E-state index is 13.0. The summed E-state index contributed by atoms with van der Waals surface area (Å²) >= 11 is 0. The molecule has 7 nitrogen and oxygen atoms in total. The number of benzene rings is 1. The fourth-order valence-corrected chi connectivity index (χ4v) is 2.66. The van der Waals surface area contributed by atoms with Gasteiger partial charge < -0.3 is 15.0 Å². The molecule has 2 atom stereocenters. The van der Waals surface area contributed by atoms with Crippen molar-refractivity contribution in [3.05, 3.63) is 35.6 Å². The molecule has 2 aliphatic rings. The van der Waals surface area contributed by atoms with Gasteiger partial charge in [0.05, 0.1) is 19.6 Å². The number of rotatable bonds is 3. The standard InChI is InChI=1S/C15H16FN3O4/c16-10-3-1-9(2-4-10)12-8-19(5-6-23-12)13(20)7-11-14(21)18-15(22)17-11/h1-4,11-12H,5-8H2,(H2,17,18,21,22). The molecule has 8 heteroatoms. The first-order chi connectivity index (χ1) is 11.0. The Bertz CT molecular complexity index is 634. The summed E-state index contributed by atoms with van der Waals surface area (Å²) in [6.45, 7) is 1.10. The average molecular weight is 321 g/mol. The zero-order valence-corrected chi connectivity index (χ0v) is 12.3. The summed E-state index contributed by atoms with van der Waals surface area (Å²) in [5.41, 5.74) is 0.788. The Labute approximate surface area is 131 Å². The van der Waals surface area contributed by atoms with Gasteiger partial charge >= 0.3 is 6.03 Å². The van der Waals surface area contributed by atoms with E-state index in [1.165, 1.54) is 12.1 Å². The number of imide groups is 1. The van der Waals surface area contributed by atoms with E-state index >= 15 is 0 Å². The molecule has 2 unspecified atom stereocenters. The molecule has 2 heterocycles. The number of morpholine rings is 1. The molecule has 0 aliphatic carbocycles. The molecule has 1 aromatic carbocycles. The van der Waals surface area contributed by atoms with E-state index < -0.39 is 18.0 Å². The van der Waals surface area contributed by atoms with Gasteiger partial charge in [-0.05, 0) is 17.7 Å². The highest BCUT2D eigenvalue weighted by atomic mass is 19.1. The van der Waals surface area contributed by atoms with Crippen molar-refractivity contribution in [1.29, 1.82) is 0 Å². The van der Waals surface area contributed by atoms with Gasteiger partial charge in [0.1, 0.15) is 18.0 Å². The molecule has 0 saturated carbocycles. The zero-order chi connectivity index (χ0) is 16.4. The smallest absolute Gasteiger partial charge is 0.322 e. The number of amides is 4. The van der Waals surface area contributed by atoms with Crippen LogP contribution in [0.25, 0.3) is 0 Å². The van der Waals surface area contributed by atoms with Gasteiger partial charge in [-0.15, -0.1) is 0 Å². The molecule has 0 spiro atoms. The van der Waals surface area contributed by atoms with Crippen molar-refractivity contribution in [3.63, 3.8) is 0 Å². The van der Waals surface area contributed by atoms with Crippen molar-refractivity contribution in [3.8, 4) is 0 Å². The van der Waals surface area contributed by atoms with Crippen LogP contribution in [0.2, 0.25) is 0 Å². The molecule has 1 aromatic rings. The minimum Gasteiger partial charge on any atom is -0.370 e. The van der Waals surface area contributed by atoms with Crippen LogP contribution in [-0.4, -0.2) is 48.5 Å². The van der Waals surface area contributed by atoms with E-state index in [1.807, 2.05) is 0 Å². The number of nitrogens with zero attached hydrogens (tertiary/aromatic N) is 1. The lowest BCUT2D eigenvalue weighted by atomic mass is 10.1. The third-order valence-corrected chi connectivity index (χ3v) is 3.90. The first-order valence-corrected chi connectivity index (χ1v) is 7.29. The van der Waals surface area contributed by atoms with Crippen LogP contribution >= 0.6 is 0 Å². The van der Waals surface area contributed by atoms with Gasteiger partial charge in [0, 0.05) is 6.54 Å². The Kier molecular flexibility index (Phi) is 4.24. The van der Waals surface area contributed by atoms with Gasteiger partial charge in [0.2, 0.25) is 5.91 Å². The maximum Gasteiger partial charge on any atom is 0.322 e. The number of nitrogens with one attached hydrogen (secondary N) is 2. The maximum atomic E-state index is 13.0. The first kappa shape index (κ1) is 15.4. The number of carbonyl (C=O) groups is 3. The van der Waals surface area contributed by atoms with Crippen molar-refractivity contribution in [2.75, 3.05) is 19.7 Å². The van der Waals surface area contributed by atoms with Crippen molar-refractivity contribution in [2.24, 2.45) is 0 Å². The van der Waals surface area contributed by atoms with Crippen LogP contribution in [0.1, 0.15) is 18.1 Å². The number of urea groups is 1. The van der Waals surface area contributed by atoms with Crippen molar-refractivity contribution < 1.29 is 23.5 Å². The Hall–Kier alpha value is -2.48. The van der Waals surface area contributed by atoms with E-state index in [2.05, 4.69) is 10.6 Å². The van der Waals surface area contributed by atoms with Crippen LogP contribution in [0.3, 0.4) is 0 Å². The van der Waals surface area contributed by atoms with Gasteiger partial charge in [0.15, 0.2) is 0 Å². The van der Waals surface area contributed by atoms with Crippen LogP contribution in [0.4, 0.5) is 9.18 Å². The average Bonchev–Trinajstić information content (AvgIpc) is 2.85. The number of hydrogen-bond acceptors (Lipinski definition) is 4. The Morgan fingerprint density at radius 2 is 2.04 bits per heavy atom. The van der Waals surface area contributed by atoms with Gasteiger partial charge in [-0.25, -0.2) is 9.18 Å². The number of hydrogen-bond donors (Lipinski definition) is 2. The van der Waals surface area contributed by atoms with Crippen LogP contribution in [0.15, 0.2) is 24.3 Å². The third kappa shape index (κ3) is 3.48. The van der Waals surface area contributed by atoms with Crippen LogP contribution in [0.5, 0.6) is 0 Å². The molecular weight excluding hydrogens is 305 g/mol. The summed E-state index contributed by atoms with van der Waals surface area (Å²) in [5.74, 6) is -1.06. The second-order valence-corrected chi connectivity index (χ2v) is 5.47. The molecule has 4 amide bonds. The monoisotopic (exact) mass is 321 g/mol. The summed E-state index contributed by atoms with van der Waals surface area (Å²) in [6.07, 6.45) is -0.423. The number of halogens is 1. The van der Waals surface area contributed by atoms with E-state index in [4.69, 9.17) is 4.74 Å². The topological polar surface area (TPSA) is 87.7 Å². The largest absolute Gasteiger partial charge is 0.370 e. The Morgan fingerprint density at radius 3 is 2.70 bits per heavy atom. The third-order valence-electron chi connectivity index (χ3n) is 3.90. The Balaban J connectivity index is 1.61. The molecular formula is C15H16FN3O4. The lowest BCUT2D eigenvalue weighted by Crippen LogP contribution is -2.45. The normalized spacial score (nSPS) is 24.3. The van der Waals surface area contributed by atoms with E-state index in [0.29, 0.717) is 19.7 Å². The molecule has 122 valence electrons. The molecule has 0 radical (unpaired) electrons. The minimum atomic E-state index is -0.831. The molecule has 23 heavy (non-hydrogen) atoms. The number of ether oxygens (including phenoxy) is 1. The molecule has 2 N–H and O–H groups in total. The fraction of sp³-hybridized carbons (Fsp3) is 0.400. The van der Waals surface area contributed by atoms with Crippen LogP contribution in [-0.2, 0) is 14.3 Å². The highest BCUT2D eigenvalue weighted by Gasteiger charge is 2.34. The Morgan fingerprint density at radius 1 is 1.30 bits per heavy atom. The van der Waals surface area contributed by atoms with Crippen LogP contribution in [0, 0.1) is 5.82 Å². The van der Waals surface area contributed by atoms with E-state index in [1.54, 1.807) is 17.0 Å². The quantitative estimate of drug-likeness (QED) is 0.785. The summed E-state index contributed by atoms with van der Waals surface area (Å²) in [5, 5.41) is 4.50. The molecule has 2 aliphatic heterocycles. The summed E-state index contributed by atoms with van der Waals surface area (Å²) in [4.78, 5) is 36.5. The predicted octanol–water partition coefficient (Wildman–Crippen LogP) is 0.324. The fourth-order valence-electron chi connectivity index (χ4n) is 2.66. The van der Waals surface area contributed by atoms with Crippen LogP contribution < -0.4 is 10.6 Å². The predicted molar refractivity (Wildman–Crippen MR) is 76.8 cm³/mol. The molecule has 3 rings (SSSR count). The van der Waals surface area contributed by atoms with E-state index in [9.17, 15) is 18.8 Å². The number of carbonyl (C=O) groups excluding carboxylic acids is 3. The minimum absolute atomic E-state index is 0.0896. The highest BCUT2D eigenvalue weighted by molar-refractivity contribution is 6.05. The van der Waals surface area contributed by atoms with Gasteiger partial charge in [-0.1, -0.05) is 12.1 Å². The molecule has 0 aromatic heterocycles. The lowest BCUT2D eigenvalue weighted by molar-refractivity contribution is -0.140. The van der Waals surface area contributed by atoms with E-state index in [0.717, 1.165) is 5.56 Å². The first-order valence-electron chi connectivity index (χ1n) is 7.29. The van der Waals surface area contributed by atoms with Gasteiger partial charge in [-0.3, -0.25) is 14.9 Å². The van der Waals surface area contributed by atoms with Crippen molar-refractivity contribution >= 4 is 17.8 Å². The van der Waals surface area contributed by atoms with Crippen molar-refractivity contribution in [2.45, 2.75) is 18.6 Å². The van der Waals surface area contributed by atoms with Gasteiger partial charge in [0.25, 0.3) is 5.91 Å². The molecule has 0 bridgehead atoms. The summed E-state index contributed by atoms with van der Waals surface area (Å²) in [6, 6.07) is 4.52. The van der Waals surface area contributed by atoms with Crippen molar-refractivity contribution in [1.82, 2.24) is 15.5 Å². The van der Waals surface area contributed by atoms with E-state index in [-0.39, 0.29) is 24.2 Å².